The second-order valence-electron chi connectivity index (χ2n) is 3.04. The largest absolute Gasteiger partial charge is 0.495 e. The molecule has 2 nitrogen and oxygen atoms in total. The maximum Gasteiger partial charge on any atom is 0.177 e. The summed E-state index contributed by atoms with van der Waals surface area (Å²) in [6, 6.07) is 5.75. The van der Waals surface area contributed by atoms with Crippen LogP contribution in [0.1, 0.15) is 10.4 Å². The van der Waals surface area contributed by atoms with Crippen molar-refractivity contribution >= 4 is 43.1 Å². The van der Waals surface area contributed by atoms with Gasteiger partial charge in [-0.05, 0) is 23.6 Å². The van der Waals surface area contributed by atoms with Crippen molar-refractivity contribution in [3.63, 3.8) is 0 Å². The number of halogens is 1. The molecule has 0 fully saturated rings. The van der Waals surface area contributed by atoms with Crippen molar-refractivity contribution in [1.82, 2.24) is 0 Å². The van der Waals surface area contributed by atoms with Gasteiger partial charge in [-0.2, -0.15) is 0 Å². The van der Waals surface area contributed by atoms with Gasteiger partial charge in [0.2, 0.25) is 0 Å². The minimum atomic E-state index is 0.0416. The van der Waals surface area contributed by atoms with Gasteiger partial charge in [0.05, 0.1) is 18.0 Å². The summed E-state index contributed by atoms with van der Waals surface area (Å²) in [6.07, 6.45) is 0. The lowest BCUT2D eigenvalue weighted by Crippen LogP contribution is -2.02. The monoisotopic (exact) mass is 284 g/mol. The molecule has 0 unspecified atom stereocenters. The van der Waals surface area contributed by atoms with Gasteiger partial charge >= 0.3 is 0 Å². The Balaban J connectivity index is 2.69. The molecule has 0 saturated carbocycles. The SMILES string of the molecule is COc1c(C(=O)CBr)ccc2sccc12. The molecular weight excluding hydrogens is 276 g/mol. The second kappa shape index (κ2) is 4.33. The van der Waals surface area contributed by atoms with Crippen molar-refractivity contribution < 1.29 is 9.53 Å². The molecule has 0 spiro atoms. The second-order valence-corrected chi connectivity index (χ2v) is 4.54. The van der Waals surface area contributed by atoms with Crippen molar-refractivity contribution in [3.05, 3.63) is 29.1 Å². The summed E-state index contributed by atoms with van der Waals surface area (Å²) in [5.74, 6) is 0.721. The molecule has 0 atom stereocenters. The average molecular weight is 285 g/mol. The van der Waals surface area contributed by atoms with E-state index in [2.05, 4.69) is 15.9 Å². The van der Waals surface area contributed by atoms with Crippen LogP contribution in [0.5, 0.6) is 5.75 Å². The number of rotatable bonds is 3. The van der Waals surface area contributed by atoms with E-state index < -0.39 is 0 Å². The number of benzene rings is 1. The summed E-state index contributed by atoms with van der Waals surface area (Å²) in [5.41, 5.74) is 0.639. The van der Waals surface area contributed by atoms with Gasteiger partial charge in [-0.15, -0.1) is 11.3 Å². The van der Waals surface area contributed by atoms with E-state index in [1.807, 2.05) is 23.6 Å². The van der Waals surface area contributed by atoms with Gasteiger partial charge in [-0.3, -0.25) is 4.79 Å². The fourth-order valence-electron chi connectivity index (χ4n) is 1.53. The molecule has 2 aromatic rings. The first-order valence-corrected chi connectivity index (χ1v) is 6.41. The first-order chi connectivity index (χ1) is 7.27. The lowest BCUT2D eigenvalue weighted by molar-refractivity contribution is 0.102. The Morgan fingerprint density at radius 2 is 2.27 bits per heavy atom. The maximum atomic E-state index is 11.6. The molecular formula is C11H9BrO2S. The van der Waals surface area contributed by atoms with Gasteiger partial charge in [0, 0.05) is 10.1 Å². The Kier molecular flexibility index (Phi) is 3.07. The zero-order valence-corrected chi connectivity index (χ0v) is 10.5. The number of hydrogen-bond acceptors (Lipinski definition) is 3. The van der Waals surface area contributed by atoms with Crippen LogP contribution in [0.4, 0.5) is 0 Å². The van der Waals surface area contributed by atoms with Crippen molar-refractivity contribution in [2.75, 3.05) is 12.4 Å². The number of hydrogen-bond donors (Lipinski definition) is 0. The van der Waals surface area contributed by atoms with Gasteiger partial charge < -0.3 is 4.74 Å². The minimum absolute atomic E-state index is 0.0416. The predicted octanol–water partition coefficient (Wildman–Crippen LogP) is 3.49. The zero-order valence-electron chi connectivity index (χ0n) is 8.12. The molecule has 4 heteroatoms. The first-order valence-electron chi connectivity index (χ1n) is 4.41. The summed E-state index contributed by atoms with van der Waals surface area (Å²) < 4.78 is 6.44. The Morgan fingerprint density at radius 1 is 1.47 bits per heavy atom. The minimum Gasteiger partial charge on any atom is -0.495 e. The molecule has 0 aliphatic heterocycles. The number of ether oxygens (including phenoxy) is 1. The summed E-state index contributed by atoms with van der Waals surface area (Å²) in [6.45, 7) is 0. The number of methoxy groups -OCH3 is 1. The third kappa shape index (κ3) is 1.79. The number of Topliss-reactive ketones (excluding diaryl/α,β-unsaturated/α-hetero) is 1. The average Bonchev–Trinajstić information content (AvgIpc) is 2.74. The number of alkyl halides is 1. The zero-order chi connectivity index (χ0) is 10.8. The number of thiophene rings is 1. The van der Waals surface area contributed by atoms with Crippen LogP contribution in [0, 0.1) is 0 Å². The smallest absolute Gasteiger partial charge is 0.177 e. The number of ketones is 1. The molecule has 0 radical (unpaired) electrons. The van der Waals surface area contributed by atoms with E-state index >= 15 is 0 Å². The highest BCUT2D eigenvalue weighted by Crippen LogP contribution is 2.33. The van der Waals surface area contributed by atoms with Crippen LogP contribution in [0.15, 0.2) is 23.6 Å². The lowest BCUT2D eigenvalue weighted by Gasteiger charge is -2.07. The van der Waals surface area contributed by atoms with Crippen molar-refractivity contribution in [2.45, 2.75) is 0 Å². The fraction of sp³-hybridized carbons (Fsp3) is 0.182. The summed E-state index contributed by atoms with van der Waals surface area (Å²) >= 11 is 4.81. The molecule has 78 valence electrons. The predicted molar refractivity (Wildman–Crippen MR) is 66.5 cm³/mol. The Bertz CT molecular complexity index is 504. The first kappa shape index (κ1) is 10.6. The van der Waals surface area contributed by atoms with Crippen molar-refractivity contribution in [3.8, 4) is 5.75 Å². The van der Waals surface area contributed by atoms with E-state index in [1.165, 1.54) is 0 Å². The highest BCUT2D eigenvalue weighted by Gasteiger charge is 2.14. The van der Waals surface area contributed by atoms with E-state index in [0.717, 1.165) is 10.1 Å². The molecule has 1 aromatic heterocycles. The Hall–Kier alpha value is -0.870. The molecule has 0 N–H and O–H groups in total. The fourth-order valence-corrected chi connectivity index (χ4v) is 2.62. The van der Waals surface area contributed by atoms with Gasteiger partial charge in [0.25, 0.3) is 0 Å². The number of carbonyl (C=O) groups excluding carboxylic acids is 1. The molecule has 0 aliphatic carbocycles. The highest BCUT2D eigenvalue weighted by molar-refractivity contribution is 9.09. The van der Waals surface area contributed by atoms with Crippen LogP contribution in [0.2, 0.25) is 0 Å². The van der Waals surface area contributed by atoms with Crippen LogP contribution in [0.25, 0.3) is 10.1 Å². The molecule has 15 heavy (non-hydrogen) atoms. The highest BCUT2D eigenvalue weighted by atomic mass is 79.9. The number of fused-ring (bicyclic) bond motifs is 1. The van der Waals surface area contributed by atoms with Crippen molar-refractivity contribution in [2.24, 2.45) is 0 Å². The standard InChI is InChI=1S/C11H9BrO2S/c1-14-11-7(9(13)6-12)2-3-10-8(11)4-5-15-10/h2-5H,6H2,1H3. The van der Waals surface area contributed by atoms with Crippen molar-refractivity contribution in [1.29, 1.82) is 0 Å². The van der Waals surface area contributed by atoms with E-state index in [9.17, 15) is 4.79 Å². The normalized spacial score (nSPS) is 10.5. The van der Waals surface area contributed by atoms with E-state index in [1.54, 1.807) is 18.4 Å². The molecule has 0 saturated heterocycles. The Labute approximate surface area is 100.0 Å². The summed E-state index contributed by atoms with van der Waals surface area (Å²) in [5, 5.41) is 3.32. The third-order valence-electron chi connectivity index (χ3n) is 2.21. The van der Waals surface area contributed by atoms with Gasteiger partial charge in [0.15, 0.2) is 5.78 Å². The Morgan fingerprint density at radius 3 is 2.93 bits per heavy atom. The molecule has 0 bridgehead atoms. The van der Waals surface area contributed by atoms with Crippen LogP contribution in [-0.2, 0) is 0 Å². The topological polar surface area (TPSA) is 26.3 Å². The molecule has 2 rings (SSSR count). The maximum absolute atomic E-state index is 11.6. The van der Waals surface area contributed by atoms with E-state index in [4.69, 9.17) is 4.74 Å². The van der Waals surface area contributed by atoms with Crippen LogP contribution < -0.4 is 4.74 Å². The summed E-state index contributed by atoms with van der Waals surface area (Å²) in [7, 11) is 1.59. The lowest BCUT2D eigenvalue weighted by atomic mass is 10.1. The van der Waals surface area contributed by atoms with Gasteiger partial charge in [0.1, 0.15) is 5.75 Å². The molecule has 1 aromatic carbocycles. The molecule has 0 aliphatic rings. The van der Waals surface area contributed by atoms with E-state index in [-0.39, 0.29) is 5.78 Å². The quantitative estimate of drug-likeness (QED) is 0.637. The van der Waals surface area contributed by atoms with Crippen LogP contribution >= 0.6 is 27.3 Å². The number of carbonyl (C=O) groups is 1. The van der Waals surface area contributed by atoms with Gasteiger partial charge in [-0.25, -0.2) is 0 Å². The van der Waals surface area contributed by atoms with Crippen LogP contribution in [0.3, 0.4) is 0 Å². The van der Waals surface area contributed by atoms with Crippen LogP contribution in [-0.4, -0.2) is 18.2 Å². The van der Waals surface area contributed by atoms with Gasteiger partial charge in [-0.1, -0.05) is 15.9 Å². The summed E-state index contributed by atoms with van der Waals surface area (Å²) in [4.78, 5) is 11.6. The molecule has 0 amide bonds. The van der Waals surface area contributed by atoms with E-state index in [0.29, 0.717) is 16.6 Å². The third-order valence-corrected chi connectivity index (χ3v) is 3.60. The molecule has 1 heterocycles.